The van der Waals surface area contributed by atoms with Crippen molar-refractivity contribution in [2.45, 2.75) is 77.8 Å². The molecule has 10 heteroatoms. The highest BCUT2D eigenvalue weighted by molar-refractivity contribution is 6.03. The third-order valence-corrected chi connectivity index (χ3v) is 7.15. The number of aliphatic hydroxyl groups is 1. The Balaban J connectivity index is 2.53. The lowest BCUT2D eigenvalue weighted by molar-refractivity contribution is -0.112. The van der Waals surface area contributed by atoms with Crippen molar-refractivity contribution >= 4 is 17.7 Å². The van der Waals surface area contributed by atoms with Gasteiger partial charge in [0.15, 0.2) is 17.6 Å². The maximum atomic E-state index is 12.9. The molecule has 1 aromatic rings. The van der Waals surface area contributed by atoms with Gasteiger partial charge in [0.2, 0.25) is 0 Å². The molecule has 0 aliphatic carbocycles. The van der Waals surface area contributed by atoms with E-state index in [0.29, 0.717) is 48.3 Å². The van der Waals surface area contributed by atoms with Crippen molar-refractivity contribution < 1.29 is 38.7 Å². The van der Waals surface area contributed by atoms with Gasteiger partial charge in [-0.05, 0) is 57.1 Å². The number of hydrogen-bond donors (Lipinski definition) is 4. The summed E-state index contributed by atoms with van der Waals surface area (Å²) in [5, 5.41) is 24.6. The number of methoxy groups -OCH3 is 3. The van der Waals surface area contributed by atoms with Crippen LogP contribution in [0.25, 0.3) is 0 Å². The minimum atomic E-state index is -0.934. The van der Waals surface area contributed by atoms with Crippen LogP contribution in [0.2, 0.25) is 0 Å². The van der Waals surface area contributed by atoms with Gasteiger partial charge >= 0.3 is 6.09 Å². The van der Waals surface area contributed by atoms with E-state index in [9.17, 15) is 19.8 Å². The Morgan fingerprint density at radius 3 is 2.36 bits per heavy atom. The third-order valence-electron chi connectivity index (χ3n) is 7.15. The van der Waals surface area contributed by atoms with Crippen LogP contribution in [0.15, 0.2) is 35.4 Å². The number of hydrogen-bond acceptors (Lipinski definition) is 8. The van der Waals surface area contributed by atoms with E-state index in [-0.39, 0.29) is 23.5 Å². The van der Waals surface area contributed by atoms with Crippen molar-refractivity contribution in [1.29, 1.82) is 0 Å². The summed E-state index contributed by atoms with van der Waals surface area (Å²) in [6.45, 7) is 7.38. The molecule has 10 nitrogen and oxygen atoms in total. The van der Waals surface area contributed by atoms with E-state index in [1.165, 1.54) is 20.3 Å². The zero-order valence-electron chi connectivity index (χ0n) is 24.0. The van der Waals surface area contributed by atoms with Crippen molar-refractivity contribution in [3.8, 4) is 11.5 Å². The number of carbonyl (C=O) groups excluding carboxylic acids is 2. The van der Waals surface area contributed by atoms with Crippen LogP contribution in [0, 0.1) is 11.8 Å². The number of aliphatic hydroxyl groups excluding tert-OH is 1. The number of phenolic OH excluding ortho intramolecular Hbond substituents is 1. The summed E-state index contributed by atoms with van der Waals surface area (Å²) in [4.78, 5) is 24.6. The van der Waals surface area contributed by atoms with Gasteiger partial charge in [-0.25, -0.2) is 4.79 Å². The molecule has 0 spiro atoms. The summed E-state index contributed by atoms with van der Waals surface area (Å²) < 4.78 is 22.2. The van der Waals surface area contributed by atoms with E-state index in [0.717, 1.165) is 5.56 Å². The molecule has 2 amide bonds. The topological polar surface area (TPSA) is 150 Å². The van der Waals surface area contributed by atoms with Gasteiger partial charge < -0.3 is 40.2 Å². The number of rotatable bonds is 4. The van der Waals surface area contributed by atoms with Crippen LogP contribution >= 0.6 is 0 Å². The Morgan fingerprint density at radius 2 is 1.77 bits per heavy atom. The number of aromatic hydroxyl groups is 1. The fourth-order valence-electron chi connectivity index (χ4n) is 5.08. The summed E-state index contributed by atoms with van der Waals surface area (Å²) in [7, 11) is 4.55. The molecular weight excluding hydrogens is 504 g/mol. The van der Waals surface area contributed by atoms with Crippen molar-refractivity contribution in [2.24, 2.45) is 17.6 Å². The SMILES string of the molecule is COc1c(O)cc2cc1C[C@H](C)C[C@@H](OC)[C@@H](O)[C@@H](C)/C=C(\C)[C@H](OC(N)=O)[C@H](OC)CC/C=C(\C)C(=O)N2. The monoisotopic (exact) mass is 548 g/mol. The Hall–Kier alpha value is -3.08. The second-order valence-electron chi connectivity index (χ2n) is 10.3. The highest BCUT2D eigenvalue weighted by Gasteiger charge is 2.30. The van der Waals surface area contributed by atoms with E-state index in [1.807, 2.05) is 19.9 Å². The number of nitrogens with one attached hydrogen (secondary N) is 1. The molecule has 1 aliphatic rings. The number of allylic oxidation sites excluding steroid dienone is 1. The molecule has 218 valence electrons. The molecule has 2 rings (SSSR count). The van der Waals surface area contributed by atoms with Crippen molar-refractivity contribution in [3.05, 3.63) is 41.0 Å². The summed E-state index contributed by atoms with van der Waals surface area (Å²) in [5.41, 5.74) is 7.69. The quantitative estimate of drug-likeness (QED) is 0.411. The number of benzene rings is 1. The van der Waals surface area contributed by atoms with E-state index in [2.05, 4.69) is 5.32 Å². The van der Waals surface area contributed by atoms with Gasteiger partial charge in [0.1, 0.15) is 0 Å². The number of carbonyl (C=O) groups is 2. The van der Waals surface area contributed by atoms with Crippen LogP contribution in [-0.4, -0.2) is 68.0 Å². The molecule has 0 fully saturated rings. The van der Waals surface area contributed by atoms with Crippen LogP contribution in [0.5, 0.6) is 11.5 Å². The molecule has 0 saturated carbocycles. The average Bonchev–Trinajstić information content (AvgIpc) is 2.87. The number of ether oxygens (including phenoxy) is 4. The molecule has 0 radical (unpaired) electrons. The van der Waals surface area contributed by atoms with Crippen molar-refractivity contribution in [1.82, 2.24) is 0 Å². The summed E-state index contributed by atoms with van der Waals surface area (Å²) in [6, 6.07) is 3.24. The number of phenols is 1. The average molecular weight is 549 g/mol. The first-order chi connectivity index (χ1) is 18.4. The zero-order valence-corrected chi connectivity index (χ0v) is 24.0. The zero-order chi connectivity index (χ0) is 29.3. The largest absolute Gasteiger partial charge is 0.504 e. The number of nitrogens with two attached hydrogens (primary N) is 1. The van der Waals surface area contributed by atoms with Crippen LogP contribution in [0.4, 0.5) is 10.5 Å². The lowest BCUT2D eigenvalue weighted by Gasteiger charge is -2.30. The minimum Gasteiger partial charge on any atom is -0.504 e. The molecule has 1 aromatic carbocycles. The molecule has 0 aromatic heterocycles. The summed E-state index contributed by atoms with van der Waals surface area (Å²) in [6.07, 6.45) is 1.95. The van der Waals surface area contributed by atoms with Crippen LogP contribution in [-0.2, 0) is 25.4 Å². The highest BCUT2D eigenvalue weighted by Crippen LogP contribution is 2.36. The van der Waals surface area contributed by atoms with Gasteiger partial charge in [-0.1, -0.05) is 26.0 Å². The summed E-state index contributed by atoms with van der Waals surface area (Å²) in [5.74, 6) is -0.375. The Kier molecular flexibility index (Phi) is 12.3. The molecule has 2 bridgehead atoms. The predicted molar refractivity (Wildman–Crippen MR) is 149 cm³/mol. The highest BCUT2D eigenvalue weighted by atomic mass is 16.6. The standard InChI is InChI=1S/C29H44N2O8/c1-16-11-20-14-21(15-22(32)27(20)38-7)31-28(34)17(2)9-8-10-23(36-5)26(39-29(30)35)19(4)13-18(3)25(33)24(12-16)37-6/h9,13-16,18,23-26,32-33H,8,10-12H2,1-7H3,(H2,30,35)(H,31,34)/b17-9+,19-13+/t16-,18-,23+,24+,25-,26-/m0/s1. The van der Waals surface area contributed by atoms with Gasteiger partial charge in [0.05, 0.1) is 25.4 Å². The van der Waals surface area contributed by atoms with E-state index in [4.69, 9.17) is 24.7 Å². The molecule has 1 aliphatic heterocycles. The smallest absolute Gasteiger partial charge is 0.405 e. The molecule has 5 N–H and O–H groups in total. The fraction of sp³-hybridized carbons (Fsp3) is 0.586. The van der Waals surface area contributed by atoms with Crippen LogP contribution in [0.1, 0.15) is 52.5 Å². The molecular formula is C29H44N2O8. The van der Waals surface area contributed by atoms with E-state index < -0.39 is 30.5 Å². The second-order valence-corrected chi connectivity index (χ2v) is 10.3. The first kappa shape index (κ1) is 32.1. The van der Waals surface area contributed by atoms with E-state index >= 15 is 0 Å². The number of amides is 2. The Labute approximate surface area is 231 Å². The van der Waals surface area contributed by atoms with Gasteiger partial charge in [-0.3, -0.25) is 4.79 Å². The molecule has 1 heterocycles. The second kappa shape index (κ2) is 14.9. The van der Waals surface area contributed by atoms with Gasteiger partial charge in [-0.15, -0.1) is 0 Å². The Morgan fingerprint density at radius 1 is 1.10 bits per heavy atom. The maximum absolute atomic E-state index is 12.9. The molecule has 6 atom stereocenters. The normalized spacial score (nSPS) is 30.3. The van der Waals surface area contributed by atoms with Gasteiger partial charge in [-0.2, -0.15) is 0 Å². The lowest BCUT2D eigenvalue weighted by atomic mass is 9.88. The van der Waals surface area contributed by atoms with E-state index in [1.54, 1.807) is 33.1 Å². The number of primary amides is 1. The van der Waals surface area contributed by atoms with Crippen molar-refractivity contribution in [3.63, 3.8) is 0 Å². The first-order valence-electron chi connectivity index (χ1n) is 13.2. The van der Waals surface area contributed by atoms with Crippen LogP contribution in [0.3, 0.4) is 0 Å². The number of anilines is 1. The molecule has 0 saturated heterocycles. The third kappa shape index (κ3) is 8.98. The molecule has 39 heavy (non-hydrogen) atoms. The Bertz CT molecular complexity index is 1050. The predicted octanol–water partition coefficient (Wildman–Crippen LogP) is 4.09. The molecule has 0 unspecified atom stereocenters. The van der Waals surface area contributed by atoms with Gasteiger partial charge in [0.25, 0.3) is 5.91 Å². The maximum Gasteiger partial charge on any atom is 0.405 e. The number of fused-ring (bicyclic) bond motifs is 2. The van der Waals surface area contributed by atoms with Crippen molar-refractivity contribution in [2.75, 3.05) is 26.6 Å². The van der Waals surface area contributed by atoms with Gasteiger partial charge in [0, 0.05) is 43.0 Å². The fourth-order valence-corrected chi connectivity index (χ4v) is 5.08. The van der Waals surface area contributed by atoms with Crippen LogP contribution < -0.4 is 15.8 Å². The lowest BCUT2D eigenvalue weighted by Crippen LogP contribution is -2.37. The first-order valence-corrected chi connectivity index (χ1v) is 13.2. The minimum absolute atomic E-state index is 0.0219. The summed E-state index contributed by atoms with van der Waals surface area (Å²) >= 11 is 0.